The number of rotatable bonds is 2. The van der Waals surface area contributed by atoms with Gasteiger partial charge in [0.15, 0.2) is 0 Å². The van der Waals surface area contributed by atoms with Crippen LogP contribution in [0.1, 0.15) is 0 Å². The molecule has 2 aromatic heterocycles. The summed E-state index contributed by atoms with van der Waals surface area (Å²) in [5.74, 6) is 0. The average Bonchev–Trinajstić information content (AvgIpc) is 3.04. The van der Waals surface area contributed by atoms with E-state index >= 15 is 0 Å². The molecule has 22 heavy (non-hydrogen) atoms. The molecule has 0 atom stereocenters. The van der Waals surface area contributed by atoms with Crippen molar-refractivity contribution in [1.82, 2.24) is 15.4 Å². The molecule has 0 fully saturated rings. The first-order valence-electron chi connectivity index (χ1n) is 6.82. The van der Waals surface area contributed by atoms with Gasteiger partial charge in [-0.3, -0.25) is 0 Å². The fourth-order valence-electron chi connectivity index (χ4n) is 2.44. The summed E-state index contributed by atoms with van der Waals surface area (Å²) in [6, 6.07) is 18.8. The van der Waals surface area contributed by atoms with Crippen LogP contribution >= 0.6 is 0 Å². The van der Waals surface area contributed by atoms with Crippen LogP contribution < -0.4 is 5.63 Å². The monoisotopic (exact) mass is 289 g/mol. The highest BCUT2D eigenvalue weighted by atomic mass is 16.4. The van der Waals surface area contributed by atoms with Crippen LogP contribution in [0.15, 0.2) is 69.9 Å². The minimum atomic E-state index is -0.426. The van der Waals surface area contributed by atoms with E-state index in [2.05, 4.69) is 15.4 Å². The Balaban J connectivity index is 1.96. The molecule has 4 rings (SSSR count). The summed E-state index contributed by atoms with van der Waals surface area (Å²) in [5.41, 5.74) is 2.53. The van der Waals surface area contributed by atoms with Crippen LogP contribution in [-0.2, 0) is 0 Å². The third-order valence-electron chi connectivity index (χ3n) is 3.49. The van der Waals surface area contributed by atoms with Crippen molar-refractivity contribution >= 4 is 11.0 Å². The number of nitrogens with zero attached hydrogens (tertiary/aromatic N) is 2. The lowest BCUT2D eigenvalue weighted by Gasteiger charge is -2.02. The summed E-state index contributed by atoms with van der Waals surface area (Å²) in [5, 5.41) is 11.7. The number of hydrogen-bond donors (Lipinski definition) is 1. The van der Waals surface area contributed by atoms with Gasteiger partial charge in [0.1, 0.15) is 17.0 Å². The van der Waals surface area contributed by atoms with Crippen molar-refractivity contribution in [3.63, 3.8) is 0 Å². The number of H-pyrrole nitrogens is 1. The summed E-state index contributed by atoms with van der Waals surface area (Å²) in [4.78, 5) is 12.3. The Labute approximate surface area is 125 Å². The lowest BCUT2D eigenvalue weighted by Crippen LogP contribution is -2.03. The molecule has 0 saturated carbocycles. The van der Waals surface area contributed by atoms with E-state index in [0.29, 0.717) is 22.5 Å². The molecule has 5 heteroatoms. The summed E-state index contributed by atoms with van der Waals surface area (Å²) >= 11 is 0. The number of aromatic amines is 1. The number of fused-ring (bicyclic) bond motifs is 1. The van der Waals surface area contributed by atoms with Crippen LogP contribution in [0.4, 0.5) is 0 Å². The standard InChI is InChI=1S/C17H11N3O2/c21-17-13(10-12-8-4-5-9-14(12)22-17)16-15(18-20-19-16)11-6-2-1-3-7-11/h1-10H,(H,18,19,20). The molecule has 0 unspecified atom stereocenters. The number of aromatic nitrogens is 3. The Kier molecular flexibility index (Phi) is 2.83. The van der Waals surface area contributed by atoms with Gasteiger partial charge in [0, 0.05) is 10.9 Å². The molecule has 2 aromatic carbocycles. The Bertz CT molecular complexity index is 1000. The Morgan fingerprint density at radius 3 is 2.45 bits per heavy atom. The lowest BCUT2D eigenvalue weighted by molar-refractivity contribution is 0.563. The van der Waals surface area contributed by atoms with Crippen LogP contribution in [0.5, 0.6) is 0 Å². The minimum absolute atomic E-state index is 0.395. The molecule has 0 spiro atoms. The van der Waals surface area contributed by atoms with Crippen molar-refractivity contribution in [3.05, 3.63) is 71.1 Å². The van der Waals surface area contributed by atoms with Crippen molar-refractivity contribution in [1.29, 1.82) is 0 Å². The molecule has 2 heterocycles. The van der Waals surface area contributed by atoms with Crippen LogP contribution in [0, 0.1) is 0 Å². The molecule has 4 aromatic rings. The van der Waals surface area contributed by atoms with E-state index < -0.39 is 5.63 Å². The van der Waals surface area contributed by atoms with Crippen molar-refractivity contribution in [3.8, 4) is 22.5 Å². The fourth-order valence-corrected chi connectivity index (χ4v) is 2.44. The van der Waals surface area contributed by atoms with Gasteiger partial charge in [0.05, 0.1) is 5.56 Å². The second-order valence-electron chi connectivity index (χ2n) is 4.87. The highest BCUT2D eigenvalue weighted by Gasteiger charge is 2.17. The van der Waals surface area contributed by atoms with Gasteiger partial charge in [-0.1, -0.05) is 48.5 Å². The van der Waals surface area contributed by atoms with E-state index in [0.717, 1.165) is 10.9 Å². The van der Waals surface area contributed by atoms with E-state index in [1.54, 1.807) is 12.1 Å². The van der Waals surface area contributed by atoms with Gasteiger partial charge in [-0.2, -0.15) is 15.4 Å². The third kappa shape index (κ3) is 2.00. The summed E-state index contributed by atoms with van der Waals surface area (Å²) in [6.07, 6.45) is 0. The van der Waals surface area contributed by atoms with Crippen molar-refractivity contribution < 1.29 is 4.42 Å². The Morgan fingerprint density at radius 1 is 0.864 bits per heavy atom. The summed E-state index contributed by atoms with van der Waals surface area (Å²) in [7, 11) is 0. The molecule has 0 saturated heterocycles. The fraction of sp³-hybridized carbons (Fsp3) is 0. The molecule has 0 amide bonds. The predicted octanol–water partition coefficient (Wildman–Crippen LogP) is 3.25. The van der Waals surface area contributed by atoms with E-state index in [9.17, 15) is 4.79 Å². The van der Waals surface area contributed by atoms with Gasteiger partial charge in [-0.05, 0) is 12.1 Å². The van der Waals surface area contributed by atoms with Gasteiger partial charge >= 0.3 is 5.63 Å². The van der Waals surface area contributed by atoms with Crippen LogP contribution in [0.3, 0.4) is 0 Å². The molecule has 1 N–H and O–H groups in total. The van der Waals surface area contributed by atoms with Crippen LogP contribution in [-0.4, -0.2) is 15.4 Å². The van der Waals surface area contributed by atoms with Crippen LogP contribution in [0.2, 0.25) is 0 Å². The maximum Gasteiger partial charge on any atom is 0.345 e. The second-order valence-corrected chi connectivity index (χ2v) is 4.87. The van der Waals surface area contributed by atoms with Gasteiger partial charge < -0.3 is 4.42 Å². The number of nitrogens with one attached hydrogen (secondary N) is 1. The van der Waals surface area contributed by atoms with E-state index in [4.69, 9.17) is 4.42 Å². The quantitative estimate of drug-likeness (QED) is 0.575. The first-order chi connectivity index (χ1) is 10.8. The molecule has 0 aliphatic rings. The van der Waals surface area contributed by atoms with Gasteiger partial charge in [0.2, 0.25) is 0 Å². The molecule has 5 nitrogen and oxygen atoms in total. The molecule has 0 bridgehead atoms. The number of para-hydroxylation sites is 1. The number of hydrogen-bond acceptors (Lipinski definition) is 4. The predicted molar refractivity (Wildman–Crippen MR) is 83.3 cm³/mol. The molecular formula is C17H11N3O2. The normalized spacial score (nSPS) is 10.9. The van der Waals surface area contributed by atoms with Crippen molar-refractivity contribution in [2.24, 2.45) is 0 Å². The maximum absolute atomic E-state index is 12.3. The zero-order chi connectivity index (χ0) is 14.9. The first-order valence-corrected chi connectivity index (χ1v) is 6.82. The largest absolute Gasteiger partial charge is 0.422 e. The molecular weight excluding hydrogens is 278 g/mol. The highest BCUT2D eigenvalue weighted by Crippen LogP contribution is 2.27. The van der Waals surface area contributed by atoms with Gasteiger partial charge in [-0.15, -0.1) is 0 Å². The molecule has 0 radical (unpaired) electrons. The van der Waals surface area contributed by atoms with E-state index in [1.165, 1.54) is 0 Å². The zero-order valence-corrected chi connectivity index (χ0v) is 11.5. The van der Waals surface area contributed by atoms with Gasteiger partial charge in [0.25, 0.3) is 0 Å². The summed E-state index contributed by atoms with van der Waals surface area (Å²) < 4.78 is 5.37. The molecule has 0 aliphatic carbocycles. The maximum atomic E-state index is 12.3. The lowest BCUT2D eigenvalue weighted by atomic mass is 10.1. The zero-order valence-electron chi connectivity index (χ0n) is 11.5. The molecule has 106 valence electrons. The van der Waals surface area contributed by atoms with Gasteiger partial charge in [-0.25, -0.2) is 4.79 Å². The topological polar surface area (TPSA) is 71.8 Å². The number of benzene rings is 2. The van der Waals surface area contributed by atoms with Crippen molar-refractivity contribution in [2.45, 2.75) is 0 Å². The van der Waals surface area contributed by atoms with E-state index in [1.807, 2.05) is 48.5 Å². The first kappa shape index (κ1) is 12.5. The highest BCUT2D eigenvalue weighted by molar-refractivity contribution is 5.84. The molecule has 0 aliphatic heterocycles. The summed E-state index contributed by atoms with van der Waals surface area (Å²) in [6.45, 7) is 0. The second kappa shape index (κ2) is 4.96. The van der Waals surface area contributed by atoms with Crippen LogP contribution in [0.25, 0.3) is 33.5 Å². The SMILES string of the molecule is O=c1oc2ccccc2cc1-c1n[nH]nc1-c1ccccc1. The Hall–Kier alpha value is -3.21. The average molecular weight is 289 g/mol. The Morgan fingerprint density at radius 2 is 1.59 bits per heavy atom. The smallest absolute Gasteiger partial charge is 0.345 e. The minimum Gasteiger partial charge on any atom is -0.422 e. The third-order valence-corrected chi connectivity index (χ3v) is 3.49. The van der Waals surface area contributed by atoms with E-state index in [-0.39, 0.29) is 0 Å². The van der Waals surface area contributed by atoms with Crippen molar-refractivity contribution in [2.75, 3.05) is 0 Å².